The molecular formula is C18H15Cl2NO4S. The molecular weight excluding hydrogens is 397 g/mol. The first-order valence-corrected chi connectivity index (χ1v) is 9.25. The van der Waals surface area contributed by atoms with Gasteiger partial charge in [-0.05, 0) is 41.3 Å². The summed E-state index contributed by atoms with van der Waals surface area (Å²) in [5, 5.41) is 2.95. The van der Waals surface area contributed by atoms with Gasteiger partial charge in [0.05, 0.1) is 20.3 Å². The summed E-state index contributed by atoms with van der Waals surface area (Å²) in [7, 11) is 1.35. The average Bonchev–Trinajstić information content (AvgIpc) is 3.28. The summed E-state index contributed by atoms with van der Waals surface area (Å²) >= 11 is 13.3. The van der Waals surface area contributed by atoms with Crippen LogP contribution < -0.4 is 5.48 Å². The van der Waals surface area contributed by atoms with Gasteiger partial charge in [-0.1, -0.05) is 29.3 Å². The Bertz CT molecular complexity index is 906. The molecule has 0 aliphatic rings. The van der Waals surface area contributed by atoms with Gasteiger partial charge in [0.15, 0.2) is 0 Å². The van der Waals surface area contributed by atoms with E-state index in [2.05, 4.69) is 5.48 Å². The van der Waals surface area contributed by atoms with Crippen molar-refractivity contribution in [2.75, 3.05) is 7.11 Å². The lowest BCUT2D eigenvalue weighted by atomic mass is 10.2. The van der Waals surface area contributed by atoms with Gasteiger partial charge < -0.3 is 9.15 Å². The highest BCUT2D eigenvalue weighted by Gasteiger charge is 2.17. The standard InChI is InChI=1S/C18H15Cl2NO4S/c1-23-18(22)17-14(6-7-26-17)16-5-4-13(25-16)9-21-24-10-11-2-3-12(19)8-15(11)20/h2-8,21H,9-10H2,1H3. The number of nitrogens with one attached hydrogen (secondary N) is 1. The topological polar surface area (TPSA) is 60.7 Å². The fourth-order valence-electron chi connectivity index (χ4n) is 2.26. The summed E-state index contributed by atoms with van der Waals surface area (Å²) in [6, 6.07) is 10.7. The number of carbonyl (C=O) groups is 1. The number of hydrogen-bond acceptors (Lipinski definition) is 6. The molecule has 0 bridgehead atoms. The van der Waals surface area contributed by atoms with Crippen LogP contribution in [0.25, 0.3) is 11.3 Å². The van der Waals surface area contributed by atoms with Crippen molar-refractivity contribution in [3.05, 3.63) is 68.0 Å². The number of thiophene rings is 1. The van der Waals surface area contributed by atoms with E-state index in [1.807, 2.05) is 29.6 Å². The quantitative estimate of drug-likeness (QED) is 0.323. The molecule has 2 aromatic heterocycles. The van der Waals surface area contributed by atoms with Crippen LogP contribution >= 0.6 is 34.5 Å². The van der Waals surface area contributed by atoms with Crippen molar-refractivity contribution < 1.29 is 18.8 Å². The van der Waals surface area contributed by atoms with Crippen LogP contribution in [-0.4, -0.2) is 13.1 Å². The first-order chi connectivity index (χ1) is 12.6. The molecule has 0 unspecified atom stereocenters. The number of hydroxylamine groups is 1. The van der Waals surface area contributed by atoms with E-state index < -0.39 is 0 Å². The van der Waals surface area contributed by atoms with Gasteiger partial charge in [-0.2, -0.15) is 5.48 Å². The Morgan fingerprint density at radius 1 is 1.23 bits per heavy atom. The Morgan fingerprint density at radius 3 is 2.85 bits per heavy atom. The van der Waals surface area contributed by atoms with Gasteiger partial charge in [-0.3, -0.25) is 4.84 Å². The van der Waals surface area contributed by atoms with Crippen LogP contribution in [0.15, 0.2) is 46.2 Å². The Morgan fingerprint density at radius 2 is 2.08 bits per heavy atom. The Balaban J connectivity index is 1.56. The lowest BCUT2D eigenvalue weighted by Crippen LogP contribution is -2.13. The van der Waals surface area contributed by atoms with Gasteiger partial charge in [0.25, 0.3) is 0 Å². The maximum Gasteiger partial charge on any atom is 0.348 e. The SMILES string of the molecule is COC(=O)c1sccc1-c1ccc(CNOCc2ccc(Cl)cc2Cl)o1. The molecule has 0 amide bonds. The number of ether oxygens (including phenoxy) is 1. The fraction of sp³-hybridized carbons (Fsp3) is 0.167. The maximum atomic E-state index is 11.8. The van der Waals surface area contributed by atoms with Crippen molar-refractivity contribution in [3.63, 3.8) is 0 Å². The highest BCUT2D eigenvalue weighted by atomic mass is 35.5. The van der Waals surface area contributed by atoms with Crippen LogP contribution in [0.4, 0.5) is 0 Å². The summed E-state index contributed by atoms with van der Waals surface area (Å²) in [6.07, 6.45) is 0. The minimum Gasteiger partial charge on any atom is -0.465 e. The van der Waals surface area contributed by atoms with Crippen LogP contribution in [0.2, 0.25) is 10.0 Å². The highest BCUT2D eigenvalue weighted by molar-refractivity contribution is 7.12. The molecule has 0 saturated heterocycles. The molecule has 0 saturated carbocycles. The molecule has 5 nitrogen and oxygen atoms in total. The number of furan rings is 1. The van der Waals surface area contributed by atoms with E-state index in [1.165, 1.54) is 18.4 Å². The number of benzene rings is 1. The van der Waals surface area contributed by atoms with Crippen LogP contribution in [0.3, 0.4) is 0 Å². The summed E-state index contributed by atoms with van der Waals surface area (Å²) in [4.78, 5) is 17.7. The molecule has 3 aromatic rings. The van der Waals surface area contributed by atoms with Gasteiger partial charge in [0.2, 0.25) is 0 Å². The molecule has 0 atom stereocenters. The molecule has 0 aliphatic heterocycles. The second kappa shape index (κ2) is 8.70. The zero-order valence-corrected chi connectivity index (χ0v) is 16.1. The van der Waals surface area contributed by atoms with Gasteiger partial charge in [-0.15, -0.1) is 11.3 Å². The van der Waals surface area contributed by atoms with E-state index in [-0.39, 0.29) is 5.97 Å². The van der Waals surface area contributed by atoms with E-state index in [9.17, 15) is 4.79 Å². The summed E-state index contributed by atoms with van der Waals surface area (Å²) in [5.74, 6) is 0.891. The van der Waals surface area contributed by atoms with Crippen molar-refractivity contribution >= 4 is 40.5 Å². The molecule has 0 spiro atoms. The van der Waals surface area contributed by atoms with Gasteiger partial charge in [0, 0.05) is 15.6 Å². The van der Waals surface area contributed by atoms with E-state index in [1.54, 1.807) is 12.1 Å². The predicted octanol–water partition coefficient (Wildman–Crippen LogP) is 5.32. The number of carbonyl (C=O) groups excluding carboxylic acids is 1. The molecule has 0 fully saturated rings. The van der Waals surface area contributed by atoms with Crippen LogP contribution in [0.1, 0.15) is 21.0 Å². The van der Waals surface area contributed by atoms with E-state index in [4.69, 9.17) is 37.2 Å². The number of rotatable bonds is 7. The molecule has 1 aromatic carbocycles. The van der Waals surface area contributed by atoms with Gasteiger partial charge in [-0.25, -0.2) is 4.79 Å². The third-order valence-electron chi connectivity index (χ3n) is 3.55. The third-order valence-corrected chi connectivity index (χ3v) is 5.04. The van der Waals surface area contributed by atoms with E-state index >= 15 is 0 Å². The van der Waals surface area contributed by atoms with Crippen molar-refractivity contribution in [2.45, 2.75) is 13.2 Å². The number of halogens is 2. The first-order valence-electron chi connectivity index (χ1n) is 7.62. The van der Waals surface area contributed by atoms with E-state index in [0.717, 1.165) is 5.56 Å². The predicted molar refractivity (Wildman–Crippen MR) is 101 cm³/mol. The second-order valence-corrected chi connectivity index (χ2v) is 7.03. The fourth-order valence-corrected chi connectivity index (χ4v) is 3.54. The minimum absolute atomic E-state index is 0.292. The number of hydrogen-bond donors (Lipinski definition) is 1. The van der Waals surface area contributed by atoms with E-state index in [0.29, 0.717) is 45.2 Å². The maximum absolute atomic E-state index is 11.8. The molecule has 26 heavy (non-hydrogen) atoms. The van der Waals surface area contributed by atoms with Crippen LogP contribution in [0.5, 0.6) is 0 Å². The van der Waals surface area contributed by atoms with Gasteiger partial charge in [0.1, 0.15) is 16.4 Å². The van der Waals surface area contributed by atoms with Crippen molar-refractivity contribution in [1.82, 2.24) is 5.48 Å². The molecule has 0 radical (unpaired) electrons. The second-order valence-electron chi connectivity index (χ2n) is 5.27. The summed E-state index contributed by atoms with van der Waals surface area (Å²) in [5.41, 5.74) is 4.36. The van der Waals surface area contributed by atoms with Crippen molar-refractivity contribution in [2.24, 2.45) is 0 Å². The third kappa shape index (κ3) is 4.47. The molecule has 136 valence electrons. The average molecular weight is 412 g/mol. The normalized spacial score (nSPS) is 10.9. The monoisotopic (exact) mass is 411 g/mol. The molecule has 8 heteroatoms. The molecule has 1 N–H and O–H groups in total. The van der Waals surface area contributed by atoms with Crippen LogP contribution in [-0.2, 0) is 22.7 Å². The summed E-state index contributed by atoms with van der Waals surface area (Å²) in [6.45, 7) is 0.656. The Labute approximate surface area is 164 Å². The van der Waals surface area contributed by atoms with Crippen molar-refractivity contribution in [3.8, 4) is 11.3 Å². The minimum atomic E-state index is -0.380. The molecule has 3 rings (SSSR count). The smallest absolute Gasteiger partial charge is 0.348 e. The lowest BCUT2D eigenvalue weighted by molar-refractivity contribution is 0.0203. The Kier molecular flexibility index (Phi) is 6.34. The van der Waals surface area contributed by atoms with Crippen LogP contribution in [0, 0.1) is 0 Å². The summed E-state index contributed by atoms with van der Waals surface area (Å²) < 4.78 is 10.5. The largest absolute Gasteiger partial charge is 0.465 e. The van der Waals surface area contributed by atoms with Crippen molar-refractivity contribution in [1.29, 1.82) is 0 Å². The number of esters is 1. The zero-order valence-electron chi connectivity index (χ0n) is 13.8. The highest BCUT2D eigenvalue weighted by Crippen LogP contribution is 2.30. The number of methoxy groups -OCH3 is 1. The van der Waals surface area contributed by atoms with Gasteiger partial charge >= 0.3 is 5.97 Å². The lowest BCUT2D eigenvalue weighted by Gasteiger charge is -2.06. The zero-order chi connectivity index (χ0) is 18.5. The first kappa shape index (κ1) is 18.9. The Hall–Kier alpha value is -1.83. The molecule has 0 aliphatic carbocycles. The molecule has 2 heterocycles.